The van der Waals surface area contributed by atoms with Crippen molar-refractivity contribution in [3.05, 3.63) is 54.5 Å². The second-order valence-corrected chi connectivity index (χ2v) is 3.34. The van der Waals surface area contributed by atoms with Crippen LogP contribution in [-0.2, 0) is 32.7 Å². The molecule has 0 amide bonds. The van der Waals surface area contributed by atoms with Crippen molar-refractivity contribution in [3.63, 3.8) is 0 Å². The van der Waals surface area contributed by atoms with Crippen LogP contribution < -0.4 is 0 Å². The predicted octanol–water partition coefficient (Wildman–Crippen LogP) is 2.06. The van der Waals surface area contributed by atoms with Crippen LogP contribution >= 0.6 is 0 Å². The van der Waals surface area contributed by atoms with Crippen LogP contribution in [0.3, 0.4) is 0 Å². The summed E-state index contributed by atoms with van der Waals surface area (Å²) in [5.41, 5.74) is 1.80. The minimum atomic E-state index is 0. The van der Waals surface area contributed by atoms with Crippen molar-refractivity contribution in [2.75, 3.05) is 0 Å². The fraction of sp³-hybridized carbons (Fsp3) is 0.250. The van der Waals surface area contributed by atoms with Gasteiger partial charge in [-0.15, -0.1) is 0 Å². The van der Waals surface area contributed by atoms with E-state index in [-0.39, 0.29) is 32.7 Å². The summed E-state index contributed by atoms with van der Waals surface area (Å²) >= 11 is 0. The molecular formula is C12H15N4Y-. The van der Waals surface area contributed by atoms with Crippen molar-refractivity contribution < 1.29 is 32.7 Å². The molecule has 0 aromatic carbocycles. The zero-order valence-electron chi connectivity index (χ0n) is 10.4. The molecule has 2 aromatic rings. The third-order valence-electron chi connectivity index (χ3n) is 1.75. The predicted molar refractivity (Wildman–Crippen MR) is 62.7 cm³/mol. The zero-order chi connectivity index (χ0) is 12.0. The standard InChI is InChI=1S/C6H8N2.C6H7N2.Y/c2*1-5-3-4-7-6(2)8-5;/h3-4H,1-2H3;3-4H,1H2,2H3;/q;-1;. The Morgan fingerprint density at radius 1 is 0.882 bits per heavy atom. The molecule has 4 nitrogen and oxygen atoms in total. The molecule has 87 valence electrons. The van der Waals surface area contributed by atoms with Crippen LogP contribution in [0.2, 0.25) is 0 Å². The van der Waals surface area contributed by atoms with E-state index in [1.807, 2.05) is 26.8 Å². The Kier molecular flexibility index (Phi) is 7.84. The minimum Gasteiger partial charge on any atom is -0.273 e. The summed E-state index contributed by atoms with van der Waals surface area (Å²) in [6, 6.07) is 3.65. The maximum Gasteiger partial charge on any atom is 0.125 e. The second-order valence-electron chi connectivity index (χ2n) is 3.34. The number of aryl methyl sites for hydroxylation is 3. The SMILES string of the molecule is Cc1ccnc(C)n1.[CH2-]c1ccnc(C)n1.[Y]. The molecule has 2 rings (SSSR count). The first-order chi connectivity index (χ1) is 7.58. The van der Waals surface area contributed by atoms with Gasteiger partial charge < -0.3 is 0 Å². The molecule has 0 aliphatic carbocycles. The van der Waals surface area contributed by atoms with Crippen molar-refractivity contribution in [2.45, 2.75) is 20.8 Å². The van der Waals surface area contributed by atoms with Gasteiger partial charge in [-0.2, -0.15) is 6.07 Å². The van der Waals surface area contributed by atoms with Gasteiger partial charge in [-0.1, -0.05) is 5.69 Å². The van der Waals surface area contributed by atoms with Crippen molar-refractivity contribution in [3.8, 4) is 0 Å². The number of hydrogen-bond acceptors (Lipinski definition) is 4. The van der Waals surface area contributed by atoms with E-state index in [4.69, 9.17) is 0 Å². The minimum absolute atomic E-state index is 0. The first-order valence-corrected chi connectivity index (χ1v) is 4.96. The normalized spacial score (nSPS) is 8.65. The first kappa shape index (κ1) is 16.1. The van der Waals surface area contributed by atoms with Crippen LogP contribution in [0.25, 0.3) is 0 Å². The summed E-state index contributed by atoms with van der Waals surface area (Å²) < 4.78 is 0. The smallest absolute Gasteiger partial charge is 0.125 e. The number of nitrogens with zero attached hydrogens (tertiary/aromatic N) is 4. The van der Waals surface area contributed by atoms with Crippen LogP contribution in [0.4, 0.5) is 0 Å². The van der Waals surface area contributed by atoms with E-state index < -0.39 is 0 Å². The van der Waals surface area contributed by atoms with Gasteiger partial charge in [-0.05, 0) is 33.0 Å². The molecule has 0 spiro atoms. The molecule has 0 atom stereocenters. The summed E-state index contributed by atoms with van der Waals surface area (Å²) in [4.78, 5) is 15.8. The fourth-order valence-electron chi connectivity index (χ4n) is 1.08. The first-order valence-electron chi connectivity index (χ1n) is 4.96. The molecule has 17 heavy (non-hydrogen) atoms. The molecule has 0 bridgehead atoms. The Morgan fingerprint density at radius 3 is 1.71 bits per heavy atom. The van der Waals surface area contributed by atoms with Gasteiger partial charge in [0, 0.05) is 44.6 Å². The van der Waals surface area contributed by atoms with Crippen LogP contribution in [0.5, 0.6) is 0 Å². The van der Waals surface area contributed by atoms with Crippen LogP contribution in [0.15, 0.2) is 24.5 Å². The molecule has 5 heteroatoms. The van der Waals surface area contributed by atoms with Crippen molar-refractivity contribution in [2.24, 2.45) is 0 Å². The average Bonchev–Trinajstić information content (AvgIpc) is 2.17. The zero-order valence-corrected chi connectivity index (χ0v) is 13.2. The Morgan fingerprint density at radius 2 is 1.41 bits per heavy atom. The molecule has 0 aliphatic rings. The van der Waals surface area contributed by atoms with Gasteiger partial charge in [0.2, 0.25) is 0 Å². The molecule has 0 saturated carbocycles. The number of rotatable bonds is 0. The van der Waals surface area contributed by atoms with Gasteiger partial charge in [0.1, 0.15) is 11.6 Å². The average molecular weight is 304 g/mol. The molecule has 0 saturated heterocycles. The van der Waals surface area contributed by atoms with E-state index in [2.05, 4.69) is 26.9 Å². The quantitative estimate of drug-likeness (QED) is 0.699. The second kappa shape index (κ2) is 8.26. The van der Waals surface area contributed by atoms with Gasteiger partial charge in [0.15, 0.2) is 0 Å². The van der Waals surface area contributed by atoms with Crippen LogP contribution in [0.1, 0.15) is 23.0 Å². The molecule has 0 unspecified atom stereocenters. The van der Waals surface area contributed by atoms with Crippen molar-refractivity contribution >= 4 is 0 Å². The van der Waals surface area contributed by atoms with E-state index in [0.29, 0.717) is 0 Å². The Labute approximate surface area is 127 Å². The van der Waals surface area contributed by atoms with Gasteiger partial charge in [-0.3, -0.25) is 9.97 Å². The van der Waals surface area contributed by atoms with Gasteiger partial charge >= 0.3 is 0 Å². The van der Waals surface area contributed by atoms with Crippen molar-refractivity contribution in [1.82, 2.24) is 19.9 Å². The summed E-state index contributed by atoms with van der Waals surface area (Å²) in [6.45, 7) is 9.31. The summed E-state index contributed by atoms with van der Waals surface area (Å²) in [5.74, 6) is 1.61. The van der Waals surface area contributed by atoms with Crippen LogP contribution in [0, 0.1) is 27.7 Å². The topological polar surface area (TPSA) is 51.6 Å². The summed E-state index contributed by atoms with van der Waals surface area (Å²) in [6.07, 6.45) is 3.46. The van der Waals surface area contributed by atoms with E-state index in [1.54, 1.807) is 18.5 Å². The maximum atomic E-state index is 4.06. The molecule has 0 N–H and O–H groups in total. The number of hydrogen-bond donors (Lipinski definition) is 0. The molecular weight excluding hydrogens is 289 g/mol. The van der Waals surface area contributed by atoms with E-state index >= 15 is 0 Å². The largest absolute Gasteiger partial charge is 0.273 e. The Balaban J connectivity index is 0.000000284. The van der Waals surface area contributed by atoms with E-state index in [0.717, 1.165) is 23.0 Å². The van der Waals surface area contributed by atoms with Crippen molar-refractivity contribution in [1.29, 1.82) is 0 Å². The Bertz CT molecular complexity index is 382. The summed E-state index contributed by atoms with van der Waals surface area (Å²) in [5, 5.41) is 0. The third-order valence-corrected chi connectivity index (χ3v) is 1.75. The van der Waals surface area contributed by atoms with Gasteiger partial charge in [0.05, 0.1) is 0 Å². The fourth-order valence-corrected chi connectivity index (χ4v) is 1.08. The molecule has 2 aromatic heterocycles. The van der Waals surface area contributed by atoms with E-state index in [9.17, 15) is 0 Å². The maximum absolute atomic E-state index is 4.06. The third kappa shape index (κ3) is 7.13. The Hall–Kier alpha value is -0.866. The molecule has 2 heterocycles. The number of aromatic nitrogens is 4. The van der Waals surface area contributed by atoms with Crippen LogP contribution in [-0.4, -0.2) is 19.9 Å². The van der Waals surface area contributed by atoms with E-state index in [1.165, 1.54) is 0 Å². The van der Waals surface area contributed by atoms with Gasteiger partial charge in [-0.25, -0.2) is 16.9 Å². The monoisotopic (exact) mass is 304 g/mol. The molecule has 0 fully saturated rings. The van der Waals surface area contributed by atoms with Gasteiger partial charge in [0.25, 0.3) is 0 Å². The molecule has 0 aliphatic heterocycles. The summed E-state index contributed by atoms with van der Waals surface area (Å²) in [7, 11) is 0. The molecule has 1 radical (unpaired) electrons.